The molecule has 6 rings (SSSR count). The van der Waals surface area contributed by atoms with Crippen LogP contribution in [0.15, 0.2) is 24.4 Å². The quantitative estimate of drug-likeness (QED) is 0.413. The highest BCUT2D eigenvalue weighted by molar-refractivity contribution is 6.30. The Balaban J connectivity index is 1.49. The number of ether oxygens (including phenoxy) is 1. The lowest BCUT2D eigenvalue weighted by atomic mass is 9.51. The maximum Gasteiger partial charge on any atom is 0.246 e. The number of nitrogens with two attached hydrogens (primary N) is 1. The average molecular weight is 618 g/mol. The normalized spacial score (nSPS) is 31.2. The van der Waals surface area contributed by atoms with Crippen molar-refractivity contribution in [2.45, 2.75) is 82.7 Å². The van der Waals surface area contributed by atoms with E-state index in [1.54, 1.807) is 12.1 Å². The molecule has 2 aromatic rings. The van der Waals surface area contributed by atoms with Gasteiger partial charge in [0.15, 0.2) is 11.0 Å². The zero-order valence-electron chi connectivity index (χ0n) is 23.7. The number of carbonyl (C=O) groups is 3. The summed E-state index contributed by atoms with van der Waals surface area (Å²) in [4.78, 5) is 48.9. The first kappa shape index (κ1) is 29.5. The molecule has 3 N–H and O–H groups in total. The lowest BCUT2D eigenvalue weighted by molar-refractivity contribution is -0.135. The van der Waals surface area contributed by atoms with Gasteiger partial charge < -0.3 is 15.8 Å². The van der Waals surface area contributed by atoms with E-state index in [4.69, 9.17) is 33.7 Å². The third-order valence-corrected chi connectivity index (χ3v) is 11.0. The van der Waals surface area contributed by atoms with Gasteiger partial charge in [0.2, 0.25) is 11.8 Å². The number of hydrogen-bond donors (Lipinski definition) is 2. The van der Waals surface area contributed by atoms with Gasteiger partial charge in [-0.25, -0.2) is 14.4 Å². The van der Waals surface area contributed by atoms with Gasteiger partial charge in [-0.2, -0.15) is 0 Å². The molecular weight excluding hydrogens is 582 g/mol. The van der Waals surface area contributed by atoms with Gasteiger partial charge in [0.1, 0.15) is 22.9 Å². The Morgan fingerprint density at radius 2 is 1.88 bits per heavy atom. The highest BCUT2D eigenvalue weighted by Crippen LogP contribution is 2.72. The molecule has 3 fully saturated rings. The Morgan fingerprint density at radius 1 is 1.14 bits per heavy atom. The van der Waals surface area contributed by atoms with Crippen molar-refractivity contribution in [2.24, 2.45) is 28.4 Å². The van der Waals surface area contributed by atoms with Gasteiger partial charge in [0.25, 0.3) is 0 Å². The molecule has 0 radical (unpaired) electrons. The molecule has 4 aliphatic rings. The van der Waals surface area contributed by atoms with Gasteiger partial charge in [-0.05, 0) is 79.4 Å². The summed E-state index contributed by atoms with van der Waals surface area (Å²) in [6.45, 7) is 4.68. The number of primary amides is 1. The Morgan fingerprint density at radius 3 is 2.55 bits per heavy atom. The van der Waals surface area contributed by atoms with E-state index in [1.807, 2.05) is 6.07 Å². The molecule has 2 aliphatic heterocycles. The van der Waals surface area contributed by atoms with Crippen LogP contribution >= 0.6 is 23.2 Å². The van der Waals surface area contributed by atoms with Crippen LogP contribution in [0.1, 0.15) is 82.3 Å². The molecule has 11 heteroatoms. The molecule has 0 bridgehead atoms. The van der Waals surface area contributed by atoms with Crippen molar-refractivity contribution < 1.29 is 23.5 Å². The van der Waals surface area contributed by atoms with Crippen LogP contribution in [0.4, 0.5) is 10.2 Å². The third-order valence-electron chi connectivity index (χ3n) is 10.6. The van der Waals surface area contributed by atoms with Crippen LogP contribution in [0.3, 0.4) is 0 Å². The van der Waals surface area contributed by atoms with Crippen LogP contribution in [-0.2, 0) is 24.5 Å². The Kier molecular flexibility index (Phi) is 7.38. The van der Waals surface area contributed by atoms with E-state index in [0.29, 0.717) is 43.5 Å². The van der Waals surface area contributed by atoms with Crippen molar-refractivity contribution >= 4 is 46.6 Å². The number of fused-ring (bicyclic) bond motifs is 3. The number of Topliss-reactive ketones (excluding diaryl/α,β-unsaturated/α-hetero) is 1. The number of halogens is 3. The van der Waals surface area contributed by atoms with Crippen LogP contribution < -0.4 is 11.1 Å². The number of amides is 2. The molecule has 8 nitrogen and oxygen atoms in total. The van der Waals surface area contributed by atoms with Crippen molar-refractivity contribution in [1.82, 2.24) is 9.97 Å². The van der Waals surface area contributed by atoms with Gasteiger partial charge in [-0.15, -0.1) is 0 Å². The van der Waals surface area contributed by atoms with Crippen LogP contribution in [0.25, 0.3) is 0 Å². The number of rotatable bonds is 5. The molecule has 0 unspecified atom stereocenters. The Bertz CT molecular complexity index is 1450. The molecule has 42 heavy (non-hydrogen) atoms. The fourth-order valence-electron chi connectivity index (χ4n) is 8.40. The minimum absolute atomic E-state index is 0.0530. The van der Waals surface area contributed by atoms with Crippen molar-refractivity contribution in [2.75, 3.05) is 11.9 Å². The molecular formula is C31H35Cl2FN4O4. The number of carbonyl (C=O) groups excluding carboxylic acids is 3. The summed E-state index contributed by atoms with van der Waals surface area (Å²) in [6.07, 6.45) is 5.57. The van der Waals surface area contributed by atoms with Crippen LogP contribution in [0.2, 0.25) is 10.3 Å². The minimum atomic E-state index is -1.26. The van der Waals surface area contributed by atoms with Crippen LogP contribution in [0, 0.1) is 28.5 Å². The largest absolute Gasteiger partial charge is 0.368 e. The zero-order valence-corrected chi connectivity index (χ0v) is 25.2. The highest BCUT2D eigenvalue weighted by atomic mass is 35.5. The zero-order chi connectivity index (χ0) is 30.0. The van der Waals surface area contributed by atoms with Gasteiger partial charge in [-0.1, -0.05) is 43.1 Å². The number of ketones is 1. The molecule has 224 valence electrons. The predicted octanol–water partition coefficient (Wildman–Crippen LogP) is 5.74. The Labute approximate surface area is 254 Å². The average Bonchev–Trinajstić information content (AvgIpc) is 3.40. The fraction of sp³-hybridized carbons (Fsp3) is 0.581. The first-order valence-corrected chi connectivity index (χ1v) is 15.4. The van der Waals surface area contributed by atoms with Crippen LogP contribution in [0.5, 0.6) is 0 Å². The van der Waals surface area contributed by atoms with Crippen LogP contribution in [-0.4, -0.2) is 40.3 Å². The van der Waals surface area contributed by atoms with Gasteiger partial charge >= 0.3 is 0 Å². The monoisotopic (exact) mass is 616 g/mol. The summed E-state index contributed by atoms with van der Waals surface area (Å²) >= 11 is 12.5. The van der Waals surface area contributed by atoms with Gasteiger partial charge in [0.05, 0.1) is 12.0 Å². The lowest BCUT2D eigenvalue weighted by Crippen LogP contribution is -2.52. The molecule has 2 aliphatic carbocycles. The number of nitrogens with zero attached hydrogens (tertiary/aromatic N) is 2. The SMILES string of the molecule is CC1(C)CCC2(CC1)C[C@@H](C(=O)C[C@@H]1CC[C@@H](C(N)=O)OC1)[C@H](c1ccnc(Cl)c1F)[C@]21C(=O)Nc2nc(Cl)ccc21. The summed E-state index contributed by atoms with van der Waals surface area (Å²) in [7, 11) is 0. The van der Waals surface area contributed by atoms with E-state index in [2.05, 4.69) is 29.1 Å². The van der Waals surface area contributed by atoms with E-state index in [9.17, 15) is 14.4 Å². The molecule has 2 saturated carbocycles. The molecule has 4 heterocycles. The van der Waals surface area contributed by atoms with Gasteiger partial charge in [-0.3, -0.25) is 14.4 Å². The molecule has 2 amide bonds. The van der Waals surface area contributed by atoms with Crippen molar-refractivity contribution in [3.05, 3.63) is 51.6 Å². The minimum Gasteiger partial charge on any atom is -0.368 e. The smallest absolute Gasteiger partial charge is 0.246 e. The summed E-state index contributed by atoms with van der Waals surface area (Å²) in [5.41, 5.74) is 4.46. The second-order valence-corrected chi connectivity index (χ2v) is 14.1. The number of pyridine rings is 2. The lowest BCUT2D eigenvalue weighted by Gasteiger charge is -2.50. The predicted molar refractivity (Wildman–Crippen MR) is 156 cm³/mol. The fourth-order valence-corrected chi connectivity index (χ4v) is 8.71. The number of nitrogens with one attached hydrogen (secondary N) is 1. The van der Waals surface area contributed by atoms with E-state index < -0.39 is 40.5 Å². The maximum absolute atomic E-state index is 16.0. The first-order chi connectivity index (χ1) is 19.9. The van der Waals surface area contributed by atoms with Gasteiger partial charge in [0, 0.05) is 30.0 Å². The van der Waals surface area contributed by atoms with Crippen molar-refractivity contribution in [1.29, 1.82) is 0 Å². The number of anilines is 1. The second-order valence-electron chi connectivity index (χ2n) is 13.4. The highest BCUT2D eigenvalue weighted by Gasteiger charge is 2.72. The summed E-state index contributed by atoms with van der Waals surface area (Å²) in [5, 5.41) is 2.91. The first-order valence-electron chi connectivity index (χ1n) is 14.6. The molecule has 0 aromatic carbocycles. The van der Waals surface area contributed by atoms with E-state index >= 15 is 4.39 Å². The molecule has 1 saturated heterocycles. The number of aromatic nitrogens is 2. The third kappa shape index (κ3) is 4.54. The second kappa shape index (κ2) is 10.5. The van der Waals surface area contributed by atoms with E-state index in [-0.39, 0.29) is 51.9 Å². The molecule has 2 aromatic heterocycles. The van der Waals surface area contributed by atoms with E-state index in [1.165, 1.54) is 6.20 Å². The van der Waals surface area contributed by atoms with Crippen molar-refractivity contribution in [3.8, 4) is 0 Å². The summed E-state index contributed by atoms with van der Waals surface area (Å²) in [6, 6.07) is 5.01. The molecule has 5 atom stereocenters. The maximum atomic E-state index is 16.0. The van der Waals surface area contributed by atoms with Crippen molar-refractivity contribution in [3.63, 3.8) is 0 Å². The standard InChI is InChI=1S/C31H35Cl2FN4O4/c1-29(2)8-10-30(11-9-29)14-18(20(39)13-16-3-5-21(26(35)40)42-15-16)23(17-7-12-36-25(33)24(17)34)31(30)19-4-6-22(32)37-27(19)38-28(31)41/h4,6-7,12,16,18,21,23H,3,5,8-11,13-15H2,1-2H3,(H2,35,40)(H,37,38,41)/t16-,18-,21-,23-,31+/m0/s1. The Hall–Kier alpha value is -2.62. The summed E-state index contributed by atoms with van der Waals surface area (Å²) < 4.78 is 21.7. The topological polar surface area (TPSA) is 124 Å². The summed E-state index contributed by atoms with van der Waals surface area (Å²) in [5.74, 6) is -2.82. The number of hydrogen-bond acceptors (Lipinski definition) is 6. The molecule has 2 spiro atoms. The van der Waals surface area contributed by atoms with E-state index in [0.717, 1.165) is 12.8 Å².